The van der Waals surface area contributed by atoms with E-state index >= 15 is 0 Å². The van der Waals surface area contributed by atoms with Gasteiger partial charge in [0.05, 0.1) is 16.9 Å². The molecular weight excluding hydrogens is 376 g/mol. The molecule has 0 saturated carbocycles. The maximum Gasteiger partial charge on any atom is 0.269 e. The van der Waals surface area contributed by atoms with E-state index in [2.05, 4.69) is 5.32 Å². The van der Waals surface area contributed by atoms with Gasteiger partial charge in [0.15, 0.2) is 0 Å². The molecule has 2 fully saturated rings. The molecule has 1 spiro atoms. The number of amides is 1. The van der Waals surface area contributed by atoms with Gasteiger partial charge < -0.3 is 5.32 Å². The number of nitrogens with one attached hydrogen (secondary N) is 1. The highest BCUT2D eigenvalue weighted by molar-refractivity contribution is 6.07. The average Bonchev–Trinajstić information content (AvgIpc) is 3.35. The Balaban J connectivity index is 1.82. The monoisotopic (exact) mass is 394 g/mol. The molecule has 1 N–H and O–H groups in total. The van der Waals surface area contributed by atoms with Crippen molar-refractivity contribution in [2.45, 2.75) is 36.4 Å². The van der Waals surface area contributed by atoms with Crippen molar-refractivity contribution in [3.8, 4) is 0 Å². The highest BCUT2D eigenvalue weighted by Crippen LogP contribution is 2.59. The Kier molecular flexibility index (Phi) is 3.72. The van der Waals surface area contributed by atoms with E-state index in [-0.39, 0.29) is 16.5 Å². The zero-order chi connectivity index (χ0) is 20.3. The minimum absolute atomic E-state index is 0.133. The summed E-state index contributed by atoms with van der Waals surface area (Å²) in [5.74, 6) is -1.09. The summed E-state index contributed by atoms with van der Waals surface area (Å²) in [6.45, 7) is 0.536. The molecule has 2 saturated heterocycles. The molecule has 3 aliphatic rings. The smallest absolute Gasteiger partial charge is 0.269 e. The molecule has 1 amide bonds. The van der Waals surface area contributed by atoms with Gasteiger partial charge in [-0.15, -0.1) is 0 Å². The van der Waals surface area contributed by atoms with Crippen LogP contribution in [0.3, 0.4) is 0 Å². The number of rotatable bonds is 3. The fraction of sp³-hybridized carbons (Fsp3) is 0.350. The van der Waals surface area contributed by atoms with E-state index in [1.54, 1.807) is 24.3 Å². The molecule has 9 heteroatoms. The summed E-state index contributed by atoms with van der Waals surface area (Å²) in [7, 11) is 0. The van der Waals surface area contributed by atoms with E-state index in [0.29, 0.717) is 29.8 Å². The van der Waals surface area contributed by atoms with Gasteiger partial charge in [-0.05, 0) is 24.5 Å². The second-order valence-corrected chi connectivity index (χ2v) is 7.77. The Labute approximate surface area is 165 Å². The molecule has 2 aromatic rings. The topological polar surface area (TPSA) is 119 Å². The van der Waals surface area contributed by atoms with Crippen molar-refractivity contribution in [1.29, 1.82) is 0 Å². The number of fused-ring (bicyclic) bond motifs is 4. The Morgan fingerprint density at radius 2 is 1.86 bits per heavy atom. The third-order valence-corrected chi connectivity index (χ3v) is 6.56. The number of carbonyl (C=O) groups excluding carboxylic acids is 1. The molecule has 3 heterocycles. The van der Waals surface area contributed by atoms with E-state index in [0.717, 1.165) is 6.42 Å². The van der Waals surface area contributed by atoms with Gasteiger partial charge in [0.2, 0.25) is 6.04 Å². The number of hydrogen-bond acceptors (Lipinski definition) is 6. The predicted octanol–water partition coefficient (Wildman–Crippen LogP) is 2.65. The molecule has 0 unspecified atom stereocenters. The number of nitrogens with zero attached hydrogens (tertiary/aromatic N) is 3. The first-order valence-electron chi connectivity index (χ1n) is 9.52. The standard InChI is InChI=1S/C20H18N4O5/c25-19-20(14-11-13(23(26)27)8-9-15(14)21-19)17(12-5-2-1-3-6-12)18(24(28)29)16-7-4-10-22(16)20/h1-3,5-6,8-9,11,16-18H,4,7,10H2,(H,21,25)/t16-,17-,18+,20+/m0/s1. The van der Waals surface area contributed by atoms with Gasteiger partial charge >= 0.3 is 0 Å². The summed E-state index contributed by atoms with van der Waals surface area (Å²) >= 11 is 0. The fourth-order valence-electron chi connectivity index (χ4n) is 5.60. The van der Waals surface area contributed by atoms with E-state index in [1.165, 1.54) is 18.2 Å². The van der Waals surface area contributed by atoms with Crippen LogP contribution < -0.4 is 5.32 Å². The SMILES string of the molecule is O=C1Nc2ccc([N+](=O)[O-])cc2[C@@]12[C@@H](c1ccccc1)[C@H]([N+](=O)[O-])[C@@H]1CCCN12. The molecule has 29 heavy (non-hydrogen) atoms. The van der Waals surface area contributed by atoms with Crippen LogP contribution in [0, 0.1) is 20.2 Å². The zero-order valence-electron chi connectivity index (χ0n) is 15.4. The first kappa shape index (κ1) is 17.7. The number of hydrogen-bond donors (Lipinski definition) is 1. The number of non-ortho nitro benzene ring substituents is 1. The minimum atomic E-state index is -1.33. The molecule has 0 bridgehead atoms. The van der Waals surface area contributed by atoms with E-state index in [1.807, 2.05) is 11.0 Å². The average molecular weight is 394 g/mol. The van der Waals surface area contributed by atoms with Gasteiger partial charge in [-0.1, -0.05) is 30.3 Å². The lowest BCUT2D eigenvalue weighted by atomic mass is 9.73. The summed E-state index contributed by atoms with van der Waals surface area (Å²) in [6, 6.07) is 11.9. The van der Waals surface area contributed by atoms with E-state index in [4.69, 9.17) is 0 Å². The number of nitro benzene ring substituents is 1. The van der Waals surface area contributed by atoms with Gasteiger partial charge in [0.25, 0.3) is 11.6 Å². The molecule has 0 radical (unpaired) electrons. The van der Waals surface area contributed by atoms with Crippen molar-refractivity contribution < 1.29 is 14.6 Å². The lowest BCUT2D eigenvalue weighted by Gasteiger charge is -2.36. The fourth-order valence-corrected chi connectivity index (χ4v) is 5.60. The normalized spacial score (nSPS) is 30.2. The predicted molar refractivity (Wildman–Crippen MR) is 103 cm³/mol. The van der Waals surface area contributed by atoms with Crippen molar-refractivity contribution in [1.82, 2.24) is 4.90 Å². The molecule has 5 rings (SSSR count). The van der Waals surface area contributed by atoms with Crippen LogP contribution in [0.2, 0.25) is 0 Å². The quantitative estimate of drug-likeness (QED) is 0.631. The largest absolute Gasteiger partial charge is 0.324 e. The number of anilines is 1. The van der Waals surface area contributed by atoms with Crippen LogP contribution in [0.25, 0.3) is 0 Å². The summed E-state index contributed by atoms with van der Waals surface area (Å²) < 4.78 is 0. The summed E-state index contributed by atoms with van der Waals surface area (Å²) in [5.41, 5.74) is 0.171. The minimum Gasteiger partial charge on any atom is -0.324 e. The Morgan fingerprint density at radius 1 is 1.10 bits per heavy atom. The molecule has 9 nitrogen and oxygen atoms in total. The summed E-state index contributed by atoms with van der Waals surface area (Å²) in [5, 5.41) is 26.5. The first-order chi connectivity index (χ1) is 14.0. The van der Waals surface area contributed by atoms with Crippen LogP contribution in [0.5, 0.6) is 0 Å². The number of nitro groups is 2. The molecule has 0 aliphatic carbocycles. The molecule has 148 valence electrons. The van der Waals surface area contributed by atoms with Crippen molar-refractivity contribution in [2.24, 2.45) is 0 Å². The third kappa shape index (κ3) is 2.21. The van der Waals surface area contributed by atoms with E-state index < -0.39 is 28.5 Å². The zero-order valence-corrected chi connectivity index (χ0v) is 15.4. The van der Waals surface area contributed by atoms with Crippen LogP contribution in [0.15, 0.2) is 48.5 Å². The molecule has 3 aliphatic heterocycles. The Morgan fingerprint density at radius 3 is 2.55 bits per heavy atom. The van der Waals surface area contributed by atoms with Crippen molar-refractivity contribution in [3.05, 3.63) is 79.9 Å². The maximum absolute atomic E-state index is 13.5. The first-order valence-corrected chi connectivity index (χ1v) is 9.52. The maximum atomic E-state index is 13.5. The highest BCUT2D eigenvalue weighted by atomic mass is 16.6. The third-order valence-electron chi connectivity index (χ3n) is 6.56. The lowest BCUT2D eigenvalue weighted by Crippen LogP contribution is -2.50. The summed E-state index contributed by atoms with van der Waals surface area (Å²) in [4.78, 5) is 38.2. The molecule has 0 aromatic heterocycles. The summed E-state index contributed by atoms with van der Waals surface area (Å²) in [6.07, 6.45) is 1.37. The van der Waals surface area contributed by atoms with Gasteiger partial charge in [0.1, 0.15) is 5.54 Å². The second-order valence-electron chi connectivity index (χ2n) is 7.77. The van der Waals surface area contributed by atoms with Crippen molar-refractivity contribution >= 4 is 17.3 Å². The Hall–Kier alpha value is -3.33. The van der Waals surface area contributed by atoms with Crippen LogP contribution in [0.1, 0.15) is 29.9 Å². The van der Waals surface area contributed by atoms with Crippen molar-refractivity contribution in [2.75, 3.05) is 11.9 Å². The van der Waals surface area contributed by atoms with Gasteiger partial charge in [-0.2, -0.15) is 0 Å². The molecule has 4 atom stereocenters. The highest BCUT2D eigenvalue weighted by Gasteiger charge is 2.71. The van der Waals surface area contributed by atoms with Crippen LogP contribution >= 0.6 is 0 Å². The second kappa shape index (κ2) is 6.08. The molecular formula is C20H18N4O5. The van der Waals surface area contributed by atoms with Crippen LogP contribution in [-0.2, 0) is 10.3 Å². The van der Waals surface area contributed by atoms with Crippen LogP contribution in [0.4, 0.5) is 11.4 Å². The van der Waals surface area contributed by atoms with Crippen molar-refractivity contribution in [3.63, 3.8) is 0 Å². The van der Waals surface area contributed by atoms with Gasteiger partial charge in [-0.3, -0.25) is 29.9 Å². The van der Waals surface area contributed by atoms with Gasteiger partial charge in [-0.25, -0.2) is 0 Å². The number of carbonyl (C=O) groups is 1. The number of benzene rings is 2. The van der Waals surface area contributed by atoms with Crippen LogP contribution in [-0.4, -0.2) is 39.3 Å². The van der Waals surface area contributed by atoms with Gasteiger partial charge in [0, 0.05) is 34.9 Å². The van der Waals surface area contributed by atoms with E-state index in [9.17, 15) is 25.0 Å². The lowest BCUT2D eigenvalue weighted by molar-refractivity contribution is -0.527. The Bertz CT molecular complexity index is 1040. The molecule has 2 aromatic carbocycles.